The Bertz CT molecular complexity index is 582. The van der Waals surface area contributed by atoms with E-state index in [0.717, 1.165) is 5.56 Å². The average molecular weight is 301 g/mol. The van der Waals surface area contributed by atoms with Gasteiger partial charge in [0, 0.05) is 0 Å². The SMILES string of the molecule is CCC(NS(=O)(=O)c1cc(C)ccc1OC)C(=O)OC. The highest BCUT2D eigenvalue weighted by Crippen LogP contribution is 2.24. The molecule has 1 atom stereocenters. The number of carbonyl (C=O) groups is 1. The number of rotatable bonds is 6. The second-order valence-corrected chi connectivity index (χ2v) is 5.94. The molecule has 7 heteroatoms. The lowest BCUT2D eigenvalue weighted by atomic mass is 10.2. The van der Waals surface area contributed by atoms with Gasteiger partial charge in [-0.3, -0.25) is 4.79 Å². The topological polar surface area (TPSA) is 81.7 Å². The van der Waals surface area contributed by atoms with Crippen molar-refractivity contribution in [3.05, 3.63) is 23.8 Å². The zero-order valence-corrected chi connectivity index (χ0v) is 12.8. The van der Waals surface area contributed by atoms with E-state index in [1.165, 1.54) is 20.3 Å². The van der Waals surface area contributed by atoms with E-state index in [-0.39, 0.29) is 10.6 Å². The standard InChI is InChI=1S/C13H19NO5S/c1-5-10(13(15)19-4)14-20(16,17)12-8-9(2)6-7-11(12)18-3/h6-8,10,14H,5H2,1-4H3. The van der Waals surface area contributed by atoms with Crippen LogP contribution in [0.4, 0.5) is 0 Å². The fourth-order valence-corrected chi connectivity index (χ4v) is 3.21. The molecule has 0 saturated heterocycles. The highest BCUT2D eigenvalue weighted by Gasteiger charge is 2.27. The third kappa shape index (κ3) is 3.71. The molecule has 0 heterocycles. The second kappa shape index (κ2) is 6.71. The molecule has 0 saturated carbocycles. The molecule has 0 aliphatic rings. The van der Waals surface area contributed by atoms with E-state index in [2.05, 4.69) is 9.46 Å². The van der Waals surface area contributed by atoms with Gasteiger partial charge in [0.05, 0.1) is 14.2 Å². The van der Waals surface area contributed by atoms with E-state index < -0.39 is 22.0 Å². The van der Waals surface area contributed by atoms with Crippen LogP contribution in [-0.4, -0.2) is 34.6 Å². The lowest BCUT2D eigenvalue weighted by Crippen LogP contribution is -2.41. The largest absolute Gasteiger partial charge is 0.495 e. The van der Waals surface area contributed by atoms with Crippen LogP contribution in [0.5, 0.6) is 5.75 Å². The maximum atomic E-state index is 12.4. The smallest absolute Gasteiger partial charge is 0.323 e. The van der Waals surface area contributed by atoms with Crippen LogP contribution in [0.2, 0.25) is 0 Å². The number of benzene rings is 1. The molecule has 0 spiro atoms. The maximum absolute atomic E-state index is 12.4. The van der Waals surface area contributed by atoms with Crippen molar-refractivity contribution < 1.29 is 22.7 Å². The summed E-state index contributed by atoms with van der Waals surface area (Å²) >= 11 is 0. The lowest BCUT2D eigenvalue weighted by molar-refractivity contribution is -0.142. The summed E-state index contributed by atoms with van der Waals surface area (Å²) in [6, 6.07) is 3.89. The molecular formula is C13H19NO5S. The number of carbonyl (C=O) groups excluding carboxylic acids is 1. The molecule has 0 aromatic heterocycles. The monoisotopic (exact) mass is 301 g/mol. The number of hydrogen-bond acceptors (Lipinski definition) is 5. The number of ether oxygens (including phenoxy) is 2. The van der Waals surface area contributed by atoms with E-state index in [0.29, 0.717) is 6.42 Å². The number of methoxy groups -OCH3 is 2. The van der Waals surface area contributed by atoms with Gasteiger partial charge in [0.2, 0.25) is 10.0 Å². The molecule has 1 rings (SSSR count). The van der Waals surface area contributed by atoms with Gasteiger partial charge in [-0.15, -0.1) is 0 Å². The highest BCUT2D eigenvalue weighted by atomic mass is 32.2. The number of sulfonamides is 1. The molecule has 0 aliphatic heterocycles. The first kappa shape index (κ1) is 16.5. The molecular weight excluding hydrogens is 282 g/mol. The first-order valence-corrected chi connectivity index (χ1v) is 7.58. The lowest BCUT2D eigenvalue weighted by Gasteiger charge is -2.16. The third-order valence-corrected chi connectivity index (χ3v) is 4.29. The minimum Gasteiger partial charge on any atom is -0.495 e. The van der Waals surface area contributed by atoms with Crippen molar-refractivity contribution in [2.45, 2.75) is 31.2 Å². The molecule has 6 nitrogen and oxygen atoms in total. The Morgan fingerprint density at radius 1 is 1.35 bits per heavy atom. The van der Waals surface area contributed by atoms with E-state index in [4.69, 9.17) is 4.74 Å². The first-order chi connectivity index (χ1) is 9.35. The minimum atomic E-state index is -3.87. The highest BCUT2D eigenvalue weighted by molar-refractivity contribution is 7.89. The van der Waals surface area contributed by atoms with Gasteiger partial charge in [-0.25, -0.2) is 8.42 Å². The van der Waals surface area contributed by atoms with Crippen molar-refractivity contribution >= 4 is 16.0 Å². The number of esters is 1. The summed E-state index contributed by atoms with van der Waals surface area (Å²) in [5, 5.41) is 0. The quantitative estimate of drug-likeness (QED) is 0.799. The first-order valence-electron chi connectivity index (χ1n) is 6.10. The van der Waals surface area contributed by atoms with Crippen LogP contribution < -0.4 is 9.46 Å². The number of aryl methyl sites for hydroxylation is 1. The van der Waals surface area contributed by atoms with E-state index in [1.807, 2.05) is 0 Å². The van der Waals surface area contributed by atoms with Crippen LogP contribution in [0, 0.1) is 6.92 Å². The summed E-state index contributed by atoms with van der Waals surface area (Å²) in [6.45, 7) is 3.47. The summed E-state index contributed by atoms with van der Waals surface area (Å²) in [7, 11) is -1.26. The second-order valence-electron chi connectivity index (χ2n) is 4.26. The van der Waals surface area contributed by atoms with Crippen molar-refractivity contribution in [1.29, 1.82) is 0 Å². The van der Waals surface area contributed by atoms with Crippen LogP contribution in [0.25, 0.3) is 0 Å². The van der Waals surface area contributed by atoms with Gasteiger partial charge in [0.1, 0.15) is 16.7 Å². The number of nitrogens with one attached hydrogen (secondary N) is 1. The fraction of sp³-hybridized carbons (Fsp3) is 0.462. The minimum absolute atomic E-state index is 0.00218. The van der Waals surface area contributed by atoms with Crippen molar-refractivity contribution in [3.8, 4) is 5.75 Å². The van der Waals surface area contributed by atoms with Gasteiger partial charge in [0.15, 0.2) is 0 Å². The van der Waals surface area contributed by atoms with E-state index in [9.17, 15) is 13.2 Å². The summed E-state index contributed by atoms with van der Waals surface area (Å²) in [6.07, 6.45) is 0.292. The van der Waals surface area contributed by atoms with Gasteiger partial charge < -0.3 is 9.47 Å². The zero-order chi connectivity index (χ0) is 15.3. The van der Waals surface area contributed by atoms with Crippen molar-refractivity contribution in [2.24, 2.45) is 0 Å². The molecule has 1 aromatic carbocycles. The third-order valence-electron chi connectivity index (χ3n) is 2.80. The molecule has 0 bridgehead atoms. The van der Waals surface area contributed by atoms with Crippen LogP contribution in [0.15, 0.2) is 23.1 Å². The van der Waals surface area contributed by atoms with Crippen LogP contribution in [0.1, 0.15) is 18.9 Å². The van der Waals surface area contributed by atoms with E-state index in [1.54, 1.807) is 26.0 Å². The van der Waals surface area contributed by atoms with Crippen LogP contribution in [-0.2, 0) is 19.6 Å². The summed E-state index contributed by atoms with van der Waals surface area (Å²) in [5.41, 5.74) is 0.775. The van der Waals surface area contributed by atoms with Crippen LogP contribution >= 0.6 is 0 Å². The van der Waals surface area contributed by atoms with Gasteiger partial charge in [0.25, 0.3) is 0 Å². The molecule has 0 aliphatic carbocycles. The normalized spacial score (nSPS) is 12.8. The van der Waals surface area contributed by atoms with E-state index >= 15 is 0 Å². The van der Waals surface area contributed by atoms with Gasteiger partial charge in [-0.1, -0.05) is 13.0 Å². The molecule has 1 N–H and O–H groups in total. The summed E-state index contributed by atoms with van der Waals surface area (Å²) < 4.78 is 36.7. The fourth-order valence-electron chi connectivity index (χ4n) is 1.69. The maximum Gasteiger partial charge on any atom is 0.323 e. The number of hydrogen-bond donors (Lipinski definition) is 1. The molecule has 20 heavy (non-hydrogen) atoms. The predicted molar refractivity (Wildman–Crippen MR) is 74.1 cm³/mol. The molecule has 0 radical (unpaired) electrons. The summed E-state index contributed by atoms with van der Waals surface area (Å²) in [5.74, 6) is -0.398. The molecule has 1 unspecified atom stereocenters. The van der Waals surface area contributed by atoms with Gasteiger partial charge >= 0.3 is 5.97 Å². The zero-order valence-electron chi connectivity index (χ0n) is 12.0. The van der Waals surface area contributed by atoms with Gasteiger partial charge in [-0.05, 0) is 31.0 Å². The Morgan fingerprint density at radius 3 is 2.50 bits per heavy atom. The molecule has 112 valence electrons. The molecule has 0 fully saturated rings. The Kier molecular flexibility index (Phi) is 5.52. The van der Waals surface area contributed by atoms with Crippen molar-refractivity contribution in [3.63, 3.8) is 0 Å². The molecule has 1 aromatic rings. The Balaban J connectivity index is 3.16. The average Bonchev–Trinajstić information content (AvgIpc) is 2.43. The Labute approximate surface area is 119 Å². The molecule has 0 amide bonds. The predicted octanol–water partition coefficient (Wildman–Crippen LogP) is 1.23. The van der Waals surface area contributed by atoms with Gasteiger partial charge in [-0.2, -0.15) is 4.72 Å². The Morgan fingerprint density at radius 2 is 2.00 bits per heavy atom. The van der Waals surface area contributed by atoms with Crippen LogP contribution in [0.3, 0.4) is 0 Å². The Hall–Kier alpha value is -1.60. The van der Waals surface area contributed by atoms with Crippen molar-refractivity contribution in [2.75, 3.05) is 14.2 Å². The van der Waals surface area contributed by atoms with Crippen molar-refractivity contribution in [1.82, 2.24) is 4.72 Å². The summed E-state index contributed by atoms with van der Waals surface area (Å²) in [4.78, 5) is 11.5.